The summed E-state index contributed by atoms with van der Waals surface area (Å²) in [6.45, 7) is 8.52. The second-order valence-electron chi connectivity index (χ2n) is 7.04. The second kappa shape index (κ2) is 7.22. The number of fused-ring (bicyclic) bond motifs is 1. The third-order valence-corrected chi connectivity index (χ3v) is 6.32. The molecule has 0 fully saturated rings. The maximum absolute atomic E-state index is 12.6. The molecule has 0 saturated carbocycles. The molecular weight excluding hydrogens is 384 g/mol. The van der Waals surface area contributed by atoms with Crippen LogP contribution in [0.3, 0.4) is 0 Å². The van der Waals surface area contributed by atoms with Crippen LogP contribution in [-0.4, -0.2) is 14.5 Å². The van der Waals surface area contributed by atoms with E-state index in [0.29, 0.717) is 28.2 Å². The van der Waals surface area contributed by atoms with E-state index in [2.05, 4.69) is 20.6 Å². The molecule has 1 N–H and O–H groups in total. The van der Waals surface area contributed by atoms with Gasteiger partial charge in [-0.2, -0.15) is 5.26 Å². The van der Waals surface area contributed by atoms with Crippen molar-refractivity contribution in [3.05, 3.63) is 73.8 Å². The highest BCUT2D eigenvalue weighted by molar-refractivity contribution is 7.18. The number of nitriles is 1. The fraction of sp³-hybridized carbons (Fsp3) is 0.227. The number of nitrogens with zero attached hydrogens (tertiary/aromatic N) is 3. The van der Waals surface area contributed by atoms with Crippen LogP contribution in [0.5, 0.6) is 0 Å². The van der Waals surface area contributed by atoms with Crippen molar-refractivity contribution in [2.24, 2.45) is 0 Å². The molecule has 6 nitrogen and oxygen atoms in total. The summed E-state index contributed by atoms with van der Waals surface area (Å²) in [6, 6.07) is 8.01. The number of allylic oxidation sites excluding steroid dienone is 1. The molecule has 4 heterocycles. The number of thiophene rings is 1. The lowest BCUT2D eigenvalue weighted by Crippen LogP contribution is -2.10. The number of H-pyrrole nitrogens is 1. The highest BCUT2D eigenvalue weighted by Gasteiger charge is 2.15. The topological polar surface area (TPSA) is 87.6 Å². The Morgan fingerprint density at radius 1 is 1.38 bits per heavy atom. The van der Waals surface area contributed by atoms with Crippen LogP contribution in [0.15, 0.2) is 33.7 Å². The van der Waals surface area contributed by atoms with Crippen molar-refractivity contribution >= 4 is 33.2 Å². The third kappa shape index (κ3) is 3.32. The Labute approximate surface area is 171 Å². The minimum absolute atomic E-state index is 0.212. The van der Waals surface area contributed by atoms with Gasteiger partial charge in [0.1, 0.15) is 16.7 Å². The Kier molecular flexibility index (Phi) is 4.73. The van der Waals surface area contributed by atoms with Gasteiger partial charge in [0, 0.05) is 16.3 Å². The van der Waals surface area contributed by atoms with Crippen molar-refractivity contribution < 1.29 is 4.42 Å². The summed E-state index contributed by atoms with van der Waals surface area (Å²) >= 11 is 1.47. The van der Waals surface area contributed by atoms with E-state index in [1.807, 2.05) is 45.9 Å². The van der Waals surface area contributed by atoms with Crippen LogP contribution in [-0.2, 0) is 6.54 Å². The summed E-state index contributed by atoms with van der Waals surface area (Å²) < 4.78 is 7.59. The Morgan fingerprint density at radius 2 is 2.17 bits per heavy atom. The van der Waals surface area contributed by atoms with Gasteiger partial charge in [-0.15, -0.1) is 11.3 Å². The molecule has 0 atom stereocenters. The Morgan fingerprint density at radius 3 is 2.86 bits per heavy atom. The van der Waals surface area contributed by atoms with Crippen LogP contribution >= 0.6 is 11.3 Å². The molecule has 146 valence electrons. The summed E-state index contributed by atoms with van der Waals surface area (Å²) in [4.78, 5) is 21.6. The van der Waals surface area contributed by atoms with Crippen molar-refractivity contribution in [3.63, 3.8) is 0 Å². The molecule has 0 bridgehead atoms. The van der Waals surface area contributed by atoms with E-state index in [0.717, 1.165) is 33.2 Å². The van der Waals surface area contributed by atoms with E-state index < -0.39 is 0 Å². The first kappa shape index (κ1) is 19.0. The van der Waals surface area contributed by atoms with E-state index in [1.54, 1.807) is 12.3 Å². The molecule has 0 aliphatic carbocycles. The zero-order valence-electron chi connectivity index (χ0n) is 16.7. The Hall–Kier alpha value is -3.37. The molecule has 29 heavy (non-hydrogen) atoms. The lowest BCUT2D eigenvalue weighted by atomic mass is 10.1. The van der Waals surface area contributed by atoms with Gasteiger partial charge in [0.2, 0.25) is 0 Å². The molecule has 4 rings (SSSR count). The van der Waals surface area contributed by atoms with E-state index in [1.165, 1.54) is 11.3 Å². The lowest BCUT2D eigenvalue weighted by Gasteiger charge is -2.07. The number of furan rings is 1. The smallest absolute Gasteiger partial charge is 0.260 e. The van der Waals surface area contributed by atoms with Gasteiger partial charge in [-0.25, -0.2) is 4.98 Å². The quantitative estimate of drug-likeness (QED) is 0.498. The van der Waals surface area contributed by atoms with Gasteiger partial charge in [-0.05, 0) is 63.1 Å². The van der Waals surface area contributed by atoms with Gasteiger partial charge in [-0.3, -0.25) is 4.79 Å². The average Bonchev–Trinajstić information content (AvgIpc) is 3.36. The van der Waals surface area contributed by atoms with Gasteiger partial charge in [0.05, 0.1) is 23.8 Å². The zero-order chi connectivity index (χ0) is 20.7. The fourth-order valence-electron chi connectivity index (χ4n) is 3.47. The molecule has 0 aliphatic rings. The predicted octanol–water partition coefficient (Wildman–Crippen LogP) is 4.73. The number of nitrogens with one attached hydrogen (secondary N) is 1. The lowest BCUT2D eigenvalue weighted by molar-refractivity contribution is 0.489. The minimum Gasteiger partial charge on any atom is -0.467 e. The maximum Gasteiger partial charge on any atom is 0.260 e. The van der Waals surface area contributed by atoms with Gasteiger partial charge in [-0.1, -0.05) is 0 Å². The molecule has 4 aromatic rings. The average molecular weight is 404 g/mol. The summed E-state index contributed by atoms with van der Waals surface area (Å²) in [5.41, 5.74) is 4.03. The monoisotopic (exact) mass is 404 g/mol. The third-order valence-electron chi connectivity index (χ3n) is 5.22. The van der Waals surface area contributed by atoms with E-state index in [-0.39, 0.29) is 5.56 Å². The van der Waals surface area contributed by atoms with Gasteiger partial charge in [0.15, 0.2) is 5.82 Å². The minimum atomic E-state index is -0.212. The number of hydrogen-bond acceptors (Lipinski definition) is 5. The molecule has 4 aromatic heterocycles. The SMILES string of the molecule is Cc1sc2nc(/C(C#N)=C/c3cc(C)n(Cc4ccco4)c3C)[nH]c(=O)c2c1C. The molecule has 7 heteroatoms. The predicted molar refractivity (Wildman–Crippen MR) is 115 cm³/mol. The van der Waals surface area contributed by atoms with Crippen LogP contribution in [0.4, 0.5) is 0 Å². The van der Waals surface area contributed by atoms with Crippen LogP contribution in [0, 0.1) is 39.0 Å². The number of aromatic nitrogens is 3. The summed E-state index contributed by atoms with van der Waals surface area (Å²) in [5.74, 6) is 1.16. The number of hydrogen-bond donors (Lipinski definition) is 1. The molecular formula is C22H20N4O2S. The van der Waals surface area contributed by atoms with Crippen molar-refractivity contribution in [2.45, 2.75) is 34.2 Å². The zero-order valence-corrected chi connectivity index (χ0v) is 17.5. The summed E-state index contributed by atoms with van der Waals surface area (Å²) in [7, 11) is 0. The summed E-state index contributed by atoms with van der Waals surface area (Å²) in [6.07, 6.45) is 3.43. The summed E-state index contributed by atoms with van der Waals surface area (Å²) in [5, 5.41) is 10.3. The maximum atomic E-state index is 12.6. The normalized spacial score (nSPS) is 11.9. The molecule has 0 amide bonds. The Balaban J connectivity index is 1.78. The molecule has 0 aromatic carbocycles. The van der Waals surface area contributed by atoms with Gasteiger partial charge < -0.3 is 14.0 Å². The first-order valence-corrected chi connectivity index (χ1v) is 10.0. The standard InChI is InChI=1S/C22H20N4O2S/c1-12-8-16(14(3)26(12)11-18-6-5-7-28-18)9-17(10-23)20-24-21(27)19-13(2)15(4)29-22(19)25-20/h5-9H,11H2,1-4H3,(H,24,25,27)/b17-9+. The molecule has 0 aliphatic heterocycles. The van der Waals surface area contributed by atoms with Crippen LogP contribution in [0.1, 0.15) is 39.0 Å². The molecule has 0 unspecified atom stereocenters. The number of aryl methyl sites for hydroxylation is 3. The highest BCUT2D eigenvalue weighted by atomic mass is 32.1. The number of rotatable bonds is 4. The highest BCUT2D eigenvalue weighted by Crippen LogP contribution is 2.27. The van der Waals surface area contributed by atoms with E-state index in [4.69, 9.17) is 4.42 Å². The van der Waals surface area contributed by atoms with Gasteiger partial charge in [0.25, 0.3) is 5.56 Å². The van der Waals surface area contributed by atoms with Crippen molar-refractivity contribution in [1.29, 1.82) is 5.26 Å². The van der Waals surface area contributed by atoms with E-state index >= 15 is 0 Å². The largest absolute Gasteiger partial charge is 0.467 e. The van der Waals surface area contributed by atoms with Gasteiger partial charge >= 0.3 is 0 Å². The Bertz CT molecular complexity index is 1340. The molecule has 0 radical (unpaired) electrons. The van der Waals surface area contributed by atoms with Crippen LogP contribution in [0.25, 0.3) is 21.9 Å². The van der Waals surface area contributed by atoms with Crippen LogP contribution < -0.4 is 5.56 Å². The van der Waals surface area contributed by atoms with Crippen molar-refractivity contribution in [2.75, 3.05) is 0 Å². The first-order chi connectivity index (χ1) is 13.9. The van der Waals surface area contributed by atoms with E-state index in [9.17, 15) is 10.1 Å². The second-order valence-corrected chi connectivity index (χ2v) is 8.24. The number of aromatic amines is 1. The van der Waals surface area contributed by atoms with Crippen LogP contribution in [0.2, 0.25) is 0 Å². The van der Waals surface area contributed by atoms with Crippen molar-refractivity contribution in [1.82, 2.24) is 14.5 Å². The fourth-order valence-corrected chi connectivity index (χ4v) is 4.50. The molecule has 0 spiro atoms. The van der Waals surface area contributed by atoms with Crippen molar-refractivity contribution in [3.8, 4) is 6.07 Å². The molecule has 0 saturated heterocycles. The first-order valence-electron chi connectivity index (χ1n) is 9.20.